The molecule has 0 aromatic carbocycles. The summed E-state index contributed by atoms with van der Waals surface area (Å²) < 4.78 is 0. The van der Waals surface area contributed by atoms with E-state index in [1.54, 1.807) is 0 Å². The maximum absolute atomic E-state index is 4.66. The number of hydrogen-bond donors (Lipinski definition) is 1. The zero-order valence-corrected chi connectivity index (χ0v) is 12.9. The molecule has 3 fully saturated rings. The molecule has 1 N–H and O–H groups in total. The van der Waals surface area contributed by atoms with Crippen molar-refractivity contribution in [2.75, 3.05) is 31.1 Å². The summed E-state index contributed by atoms with van der Waals surface area (Å²) in [6, 6.07) is 1.56. The van der Waals surface area contributed by atoms with Crippen molar-refractivity contribution in [3.8, 4) is 0 Å². The van der Waals surface area contributed by atoms with Gasteiger partial charge in [-0.1, -0.05) is 6.42 Å². The van der Waals surface area contributed by atoms with Crippen molar-refractivity contribution in [3.05, 3.63) is 11.1 Å². The number of aromatic nitrogens is 1. The highest BCUT2D eigenvalue weighted by molar-refractivity contribution is 7.15. The average Bonchev–Trinajstić information content (AvgIpc) is 3.21. The summed E-state index contributed by atoms with van der Waals surface area (Å²) >= 11 is 1.88. The molecular weight excluding hydrogens is 268 g/mol. The molecule has 0 radical (unpaired) electrons. The maximum atomic E-state index is 4.66. The molecule has 5 heteroatoms. The molecule has 2 aliphatic heterocycles. The van der Waals surface area contributed by atoms with Gasteiger partial charge in [0.1, 0.15) is 0 Å². The molecular formula is C15H24N4S. The number of nitrogens with zero attached hydrogens (tertiary/aromatic N) is 3. The van der Waals surface area contributed by atoms with E-state index in [4.69, 9.17) is 0 Å². The third kappa shape index (κ3) is 2.85. The van der Waals surface area contributed by atoms with E-state index in [1.165, 1.54) is 61.7 Å². The van der Waals surface area contributed by atoms with Gasteiger partial charge in [0, 0.05) is 49.3 Å². The number of fused-ring (bicyclic) bond motifs is 1. The van der Waals surface area contributed by atoms with Crippen molar-refractivity contribution < 1.29 is 0 Å². The van der Waals surface area contributed by atoms with Crippen molar-refractivity contribution >= 4 is 16.5 Å². The van der Waals surface area contributed by atoms with Crippen LogP contribution in [0.15, 0.2) is 6.20 Å². The maximum Gasteiger partial charge on any atom is 0.185 e. The summed E-state index contributed by atoms with van der Waals surface area (Å²) in [4.78, 5) is 11.2. The number of nitrogens with one attached hydrogen (secondary N) is 1. The average molecular weight is 292 g/mol. The number of hydrogen-bond acceptors (Lipinski definition) is 5. The van der Waals surface area contributed by atoms with Gasteiger partial charge in [0.05, 0.1) is 0 Å². The summed E-state index contributed by atoms with van der Waals surface area (Å²) in [7, 11) is 0. The Morgan fingerprint density at radius 2 is 2.15 bits per heavy atom. The lowest BCUT2D eigenvalue weighted by Gasteiger charge is -2.44. The van der Waals surface area contributed by atoms with Gasteiger partial charge in [-0.05, 0) is 32.2 Å². The normalized spacial score (nSPS) is 27.6. The zero-order chi connectivity index (χ0) is 13.4. The van der Waals surface area contributed by atoms with E-state index in [0.29, 0.717) is 0 Å². The van der Waals surface area contributed by atoms with E-state index in [0.717, 1.165) is 25.2 Å². The third-order valence-corrected chi connectivity index (χ3v) is 5.85. The molecule has 3 heterocycles. The van der Waals surface area contributed by atoms with Gasteiger partial charge in [-0.25, -0.2) is 4.98 Å². The highest BCUT2D eigenvalue weighted by Crippen LogP contribution is 2.28. The zero-order valence-electron chi connectivity index (χ0n) is 12.1. The highest BCUT2D eigenvalue weighted by atomic mass is 32.1. The van der Waals surface area contributed by atoms with Crippen LogP contribution in [0.25, 0.3) is 0 Å². The third-order valence-electron chi connectivity index (χ3n) is 4.79. The first-order valence-corrected chi connectivity index (χ1v) is 8.87. The summed E-state index contributed by atoms with van der Waals surface area (Å²) in [6.07, 6.45) is 8.96. The number of rotatable bonds is 4. The highest BCUT2D eigenvalue weighted by Gasteiger charge is 2.30. The quantitative estimate of drug-likeness (QED) is 0.920. The van der Waals surface area contributed by atoms with Crippen molar-refractivity contribution in [2.24, 2.45) is 0 Å². The van der Waals surface area contributed by atoms with Crippen LogP contribution in [0.1, 0.15) is 37.0 Å². The second kappa shape index (κ2) is 5.62. The predicted molar refractivity (Wildman–Crippen MR) is 83.4 cm³/mol. The van der Waals surface area contributed by atoms with Crippen molar-refractivity contribution in [2.45, 2.75) is 50.7 Å². The lowest BCUT2D eigenvalue weighted by molar-refractivity contribution is 0.133. The summed E-state index contributed by atoms with van der Waals surface area (Å²) in [5.41, 5.74) is 0. The minimum absolute atomic E-state index is 0.773. The van der Waals surface area contributed by atoms with Crippen LogP contribution in [0.5, 0.6) is 0 Å². The van der Waals surface area contributed by atoms with Crippen LogP contribution in [0.2, 0.25) is 0 Å². The Morgan fingerprint density at radius 1 is 1.20 bits per heavy atom. The Kier molecular flexibility index (Phi) is 3.67. The first kappa shape index (κ1) is 13.0. The lowest BCUT2D eigenvalue weighted by atomic mass is 10.00. The SMILES string of the molecule is c1nc(N2CCN3CCCCC3C2)sc1CNC1CC1. The molecule has 4 rings (SSSR count). The van der Waals surface area contributed by atoms with Crippen LogP contribution in [-0.4, -0.2) is 48.1 Å². The Hall–Kier alpha value is -0.650. The molecule has 0 amide bonds. The van der Waals surface area contributed by atoms with Gasteiger partial charge in [-0.2, -0.15) is 0 Å². The van der Waals surface area contributed by atoms with Crippen LogP contribution in [-0.2, 0) is 6.54 Å². The topological polar surface area (TPSA) is 31.4 Å². The Morgan fingerprint density at radius 3 is 3.05 bits per heavy atom. The summed E-state index contributed by atoms with van der Waals surface area (Å²) in [5.74, 6) is 0. The minimum Gasteiger partial charge on any atom is -0.345 e. The van der Waals surface area contributed by atoms with Gasteiger partial charge in [-0.15, -0.1) is 11.3 Å². The molecule has 1 aromatic rings. The second-order valence-corrected chi connectivity index (χ2v) is 7.49. The van der Waals surface area contributed by atoms with Crippen LogP contribution in [0, 0.1) is 0 Å². The van der Waals surface area contributed by atoms with Gasteiger partial charge in [0.15, 0.2) is 5.13 Å². The Balaban J connectivity index is 1.37. The molecule has 0 bridgehead atoms. The molecule has 1 unspecified atom stereocenters. The molecule has 1 aliphatic carbocycles. The number of anilines is 1. The van der Waals surface area contributed by atoms with Crippen LogP contribution in [0.3, 0.4) is 0 Å². The molecule has 110 valence electrons. The van der Waals surface area contributed by atoms with Crippen molar-refractivity contribution in [1.29, 1.82) is 0 Å². The largest absolute Gasteiger partial charge is 0.345 e. The molecule has 1 aromatic heterocycles. The van der Waals surface area contributed by atoms with Crippen molar-refractivity contribution in [3.63, 3.8) is 0 Å². The molecule has 3 aliphatic rings. The second-order valence-electron chi connectivity index (χ2n) is 6.40. The van der Waals surface area contributed by atoms with Gasteiger partial charge in [-0.3, -0.25) is 4.90 Å². The number of thiazole rings is 1. The van der Waals surface area contributed by atoms with Crippen LogP contribution >= 0.6 is 11.3 Å². The van der Waals surface area contributed by atoms with E-state index < -0.39 is 0 Å². The fraction of sp³-hybridized carbons (Fsp3) is 0.800. The van der Waals surface area contributed by atoms with E-state index in [9.17, 15) is 0 Å². The fourth-order valence-electron chi connectivity index (χ4n) is 3.39. The molecule has 1 atom stereocenters. The van der Waals surface area contributed by atoms with E-state index >= 15 is 0 Å². The molecule has 20 heavy (non-hydrogen) atoms. The predicted octanol–water partition coefficient (Wildman–Crippen LogP) is 2.07. The monoisotopic (exact) mass is 292 g/mol. The van der Waals surface area contributed by atoms with Gasteiger partial charge in [0.25, 0.3) is 0 Å². The molecule has 2 saturated heterocycles. The van der Waals surface area contributed by atoms with E-state index in [1.807, 2.05) is 11.3 Å². The first-order valence-electron chi connectivity index (χ1n) is 8.05. The Labute approximate surface area is 125 Å². The minimum atomic E-state index is 0.773. The smallest absolute Gasteiger partial charge is 0.185 e. The van der Waals surface area contributed by atoms with Crippen molar-refractivity contribution in [1.82, 2.24) is 15.2 Å². The van der Waals surface area contributed by atoms with Gasteiger partial charge in [0.2, 0.25) is 0 Å². The number of piperidine rings is 1. The molecule has 4 nitrogen and oxygen atoms in total. The lowest BCUT2D eigenvalue weighted by Crippen LogP contribution is -2.54. The Bertz CT molecular complexity index is 456. The first-order chi connectivity index (χ1) is 9.88. The van der Waals surface area contributed by atoms with E-state index in [2.05, 4.69) is 26.3 Å². The van der Waals surface area contributed by atoms with Crippen LogP contribution in [0.4, 0.5) is 5.13 Å². The molecule has 0 spiro atoms. The standard InChI is InChI=1S/C15H24N4S/c1-2-6-18-7-8-19(11-13(18)3-1)15-17-10-14(20-15)9-16-12-4-5-12/h10,12-13,16H,1-9,11H2. The van der Waals surface area contributed by atoms with Crippen LogP contribution < -0.4 is 10.2 Å². The summed E-state index contributed by atoms with van der Waals surface area (Å²) in [6.45, 7) is 5.88. The van der Waals surface area contributed by atoms with Gasteiger partial charge >= 0.3 is 0 Å². The molecule has 1 saturated carbocycles. The fourth-order valence-corrected chi connectivity index (χ4v) is 4.28. The number of piperazine rings is 1. The summed E-state index contributed by atoms with van der Waals surface area (Å²) in [5, 5.41) is 4.82. The van der Waals surface area contributed by atoms with Gasteiger partial charge < -0.3 is 10.2 Å². The van der Waals surface area contributed by atoms with E-state index in [-0.39, 0.29) is 0 Å².